The lowest BCUT2D eigenvalue weighted by Crippen LogP contribution is -2.46. The summed E-state index contributed by atoms with van der Waals surface area (Å²) in [6.07, 6.45) is 1.79. The van der Waals surface area contributed by atoms with E-state index in [1.165, 1.54) is 0 Å². The molecular formula is C14H24N2O4. The maximum Gasteiger partial charge on any atom is 0.221 e. The van der Waals surface area contributed by atoms with Crippen LogP contribution in [-0.2, 0) is 9.59 Å². The number of nitrogens with zero attached hydrogens (tertiary/aromatic N) is 1. The molecule has 6 heteroatoms. The summed E-state index contributed by atoms with van der Waals surface area (Å²) >= 11 is 0. The molecule has 4 N–H and O–H groups in total. The van der Waals surface area contributed by atoms with E-state index in [9.17, 15) is 19.8 Å². The first kappa shape index (κ1) is 15.4. The summed E-state index contributed by atoms with van der Waals surface area (Å²) in [6.45, 7) is 1.59. The van der Waals surface area contributed by atoms with E-state index < -0.39 is 12.2 Å². The number of primary amides is 1. The molecule has 1 amide bonds. The van der Waals surface area contributed by atoms with Gasteiger partial charge in [0.1, 0.15) is 0 Å². The molecular weight excluding hydrogens is 260 g/mol. The summed E-state index contributed by atoms with van der Waals surface area (Å²) < 4.78 is 0. The monoisotopic (exact) mass is 284 g/mol. The Bertz CT molecular complexity index is 374. The molecule has 0 radical (unpaired) electrons. The van der Waals surface area contributed by atoms with Crippen molar-refractivity contribution in [3.05, 3.63) is 0 Å². The summed E-state index contributed by atoms with van der Waals surface area (Å²) in [4.78, 5) is 25.4. The Morgan fingerprint density at radius 3 is 2.60 bits per heavy atom. The molecule has 2 fully saturated rings. The van der Waals surface area contributed by atoms with E-state index in [1.54, 1.807) is 0 Å². The standard InChI is InChI=1S/C14H24N2O4/c15-14(20)9-2-1-5-16(7-9)8-13(19)11-4-3-10(17)6-12(11)18/h9-12,17-18H,1-8H2,(H2,15,20). The lowest BCUT2D eigenvalue weighted by molar-refractivity contribution is -0.132. The second-order valence-electron chi connectivity index (χ2n) is 6.08. The molecule has 0 spiro atoms. The van der Waals surface area contributed by atoms with Crippen LogP contribution in [0.3, 0.4) is 0 Å². The third-order valence-electron chi connectivity index (χ3n) is 4.49. The number of hydrogen-bond acceptors (Lipinski definition) is 5. The van der Waals surface area contributed by atoms with E-state index in [1.807, 2.05) is 4.90 Å². The van der Waals surface area contributed by atoms with Crippen LogP contribution < -0.4 is 5.73 Å². The first-order valence-corrected chi connectivity index (χ1v) is 7.38. The van der Waals surface area contributed by atoms with E-state index in [2.05, 4.69) is 0 Å². The largest absolute Gasteiger partial charge is 0.393 e. The maximum atomic E-state index is 12.3. The molecule has 1 aliphatic heterocycles. The van der Waals surface area contributed by atoms with Crippen LogP contribution >= 0.6 is 0 Å². The smallest absolute Gasteiger partial charge is 0.221 e. The number of ketones is 1. The van der Waals surface area contributed by atoms with Gasteiger partial charge in [-0.3, -0.25) is 14.5 Å². The van der Waals surface area contributed by atoms with Gasteiger partial charge in [-0.1, -0.05) is 0 Å². The highest BCUT2D eigenvalue weighted by molar-refractivity contribution is 5.84. The first-order chi connectivity index (χ1) is 9.47. The van der Waals surface area contributed by atoms with Crippen LogP contribution in [0.5, 0.6) is 0 Å². The number of carbonyl (C=O) groups is 2. The molecule has 1 saturated carbocycles. The summed E-state index contributed by atoms with van der Waals surface area (Å²) in [5, 5.41) is 19.4. The lowest BCUT2D eigenvalue weighted by atomic mass is 9.82. The molecule has 114 valence electrons. The van der Waals surface area contributed by atoms with Gasteiger partial charge in [-0.25, -0.2) is 0 Å². The number of nitrogens with two attached hydrogens (primary N) is 1. The van der Waals surface area contributed by atoms with E-state index >= 15 is 0 Å². The van der Waals surface area contributed by atoms with Crippen molar-refractivity contribution in [3.63, 3.8) is 0 Å². The molecule has 0 aromatic carbocycles. The van der Waals surface area contributed by atoms with E-state index in [-0.39, 0.29) is 36.5 Å². The van der Waals surface area contributed by atoms with Crippen molar-refractivity contribution >= 4 is 11.7 Å². The van der Waals surface area contributed by atoms with E-state index in [0.717, 1.165) is 19.4 Å². The average Bonchev–Trinajstić information content (AvgIpc) is 2.38. The van der Waals surface area contributed by atoms with Crippen LogP contribution in [0, 0.1) is 11.8 Å². The average molecular weight is 284 g/mol. The van der Waals surface area contributed by atoms with Crippen molar-refractivity contribution < 1.29 is 19.8 Å². The molecule has 1 saturated heterocycles. The molecule has 4 atom stereocenters. The van der Waals surface area contributed by atoms with Gasteiger partial charge in [-0.2, -0.15) is 0 Å². The van der Waals surface area contributed by atoms with Crippen LogP contribution in [0.1, 0.15) is 32.1 Å². The molecule has 0 bridgehead atoms. The maximum absolute atomic E-state index is 12.3. The first-order valence-electron chi connectivity index (χ1n) is 7.38. The molecule has 2 rings (SSSR count). The van der Waals surface area contributed by atoms with Gasteiger partial charge in [0.2, 0.25) is 5.91 Å². The molecule has 1 heterocycles. The normalized spacial score (nSPS) is 35.7. The van der Waals surface area contributed by atoms with Gasteiger partial charge >= 0.3 is 0 Å². The summed E-state index contributed by atoms with van der Waals surface area (Å²) in [6, 6.07) is 0. The van der Waals surface area contributed by atoms with Crippen molar-refractivity contribution in [1.29, 1.82) is 0 Å². The predicted molar refractivity (Wildman–Crippen MR) is 72.7 cm³/mol. The van der Waals surface area contributed by atoms with E-state index in [0.29, 0.717) is 19.4 Å². The fourth-order valence-electron chi connectivity index (χ4n) is 3.27. The van der Waals surface area contributed by atoms with Crippen LogP contribution in [-0.4, -0.2) is 58.6 Å². The summed E-state index contributed by atoms with van der Waals surface area (Å²) in [5.74, 6) is -0.848. The minimum atomic E-state index is -0.747. The predicted octanol–water partition coefficient (Wildman–Crippen LogP) is -0.725. The molecule has 4 unspecified atom stereocenters. The minimum absolute atomic E-state index is 0.00882. The molecule has 0 aromatic heterocycles. The zero-order valence-corrected chi connectivity index (χ0v) is 11.7. The Kier molecular flexibility index (Phi) is 5.12. The van der Waals surface area contributed by atoms with Gasteiger partial charge in [0.25, 0.3) is 0 Å². The minimum Gasteiger partial charge on any atom is -0.393 e. The number of rotatable bonds is 4. The van der Waals surface area contributed by atoms with Crippen LogP contribution in [0.15, 0.2) is 0 Å². The van der Waals surface area contributed by atoms with Crippen molar-refractivity contribution in [1.82, 2.24) is 4.90 Å². The van der Waals surface area contributed by atoms with Gasteiger partial charge in [0.05, 0.1) is 24.7 Å². The number of carbonyl (C=O) groups excluding carboxylic acids is 2. The number of piperidine rings is 1. The topological polar surface area (TPSA) is 104 Å². The van der Waals surface area contributed by atoms with Crippen molar-refractivity contribution in [3.8, 4) is 0 Å². The van der Waals surface area contributed by atoms with E-state index in [4.69, 9.17) is 5.73 Å². The molecule has 6 nitrogen and oxygen atoms in total. The number of likely N-dealkylation sites (tertiary alicyclic amines) is 1. The van der Waals surface area contributed by atoms with Gasteiger partial charge in [-0.05, 0) is 38.6 Å². The Balaban J connectivity index is 1.86. The number of aliphatic hydroxyl groups is 2. The highest BCUT2D eigenvalue weighted by Crippen LogP contribution is 2.26. The quantitative estimate of drug-likeness (QED) is 0.632. The van der Waals surface area contributed by atoms with Gasteiger partial charge in [0.15, 0.2) is 5.78 Å². The Labute approximate surface area is 118 Å². The zero-order chi connectivity index (χ0) is 14.7. The molecule has 2 aliphatic rings. The lowest BCUT2D eigenvalue weighted by Gasteiger charge is -2.34. The summed E-state index contributed by atoms with van der Waals surface area (Å²) in [5.41, 5.74) is 5.32. The summed E-state index contributed by atoms with van der Waals surface area (Å²) in [7, 11) is 0. The van der Waals surface area contributed by atoms with Crippen molar-refractivity contribution in [2.24, 2.45) is 17.6 Å². The number of Topliss-reactive ketones (excluding diaryl/α,β-unsaturated/α-hetero) is 1. The Morgan fingerprint density at radius 1 is 1.20 bits per heavy atom. The molecule has 0 aromatic rings. The van der Waals surface area contributed by atoms with Gasteiger partial charge < -0.3 is 15.9 Å². The number of amides is 1. The molecule has 20 heavy (non-hydrogen) atoms. The fraction of sp³-hybridized carbons (Fsp3) is 0.857. The highest BCUT2D eigenvalue weighted by Gasteiger charge is 2.34. The molecule has 1 aliphatic carbocycles. The number of hydrogen-bond donors (Lipinski definition) is 3. The zero-order valence-electron chi connectivity index (χ0n) is 11.7. The Morgan fingerprint density at radius 2 is 1.95 bits per heavy atom. The van der Waals surface area contributed by atoms with Gasteiger partial charge in [0, 0.05) is 12.5 Å². The van der Waals surface area contributed by atoms with Crippen molar-refractivity contribution in [2.45, 2.75) is 44.3 Å². The second kappa shape index (κ2) is 6.65. The number of aliphatic hydroxyl groups excluding tert-OH is 2. The SMILES string of the molecule is NC(=O)C1CCCN(CC(=O)C2CCC(O)CC2O)C1. The van der Waals surface area contributed by atoms with Crippen LogP contribution in [0.4, 0.5) is 0 Å². The second-order valence-corrected chi connectivity index (χ2v) is 6.08. The third kappa shape index (κ3) is 3.77. The van der Waals surface area contributed by atoms with Crippen LogP contribution in [0.2, 0.25) is 0 Å². The highest BCUT2D eigenvalue weighted by atomic mass is 16.3. The van der Waals surface area contributed by atoms with Crippen molar-refractivity contribution in [2.75, 3.05) is 19.6 Å². The Hall–Kier alpha value is -0.980. The third-order valence-corrected chi connectivity index (χ3v) is 4.49. The fourth-order valence-corrected chi connectivity index (χ4v) is 3.27. The van der Waals surface area contributed by atoms with Crippen LogP contribution in [0.25, 0.3) is 0 Å². The van der Waals surface area contributed by atoms with Gasteiger partial charge in [-0.15, -0.1) is 0 Å².